The number of rotatable bonds is 7. The molecule has 0 aromatic heterocycles. The predicted octanol–water partition coefficient (Wildman–Crippen LogP) is 4.27. The van der Waals surface area contributed by atoms with Crippen LogP contribution >= 0.6 is 0 Å². The van der Waals surface area contributed by atoms with Gasteiger partial charge in [-0.15, -0.1) is 0 Å². The van der Waals surface area contributed by atoms with Gasteiger partial charge in [0.2, 0.25) is 0 Å². The molecule has 2 nitrogen and oxygen atoms in total. The third-order valence-electron chi connectivity index (χ3n) is 2.76. The highest BCUT2D eigenvalue weighted by atomic mass is 16.5. The van der Waals surface area contributed by atoms with Crippen molar-refractivity contribution in [1.29, 1.82) is 0 Å². The summed E-state index contributed by atoms with van der Waals surface area (Å²) in [4.78, 5) is 11.4. The average molecular weight is 238 g/mol. The van der Waals surface area contributed by atoms with E-state index in [2.05, 4.69) is 26.8 Å². The molecule has 0 saturated heterocycles. The number of carbonyl (C=O) groups excluding carboxylic acids is 1. The Morgan fingerprint density at radius 3 is 2.41 bits per heavy atom. The maximum Gasteiger partial charge on any atom is 0.308 e. The van der Waals surface area contributed by atoms with E-state index in [9.17, 15) is 4.79 Å². The molecule has 0 aromatic carbocycles. The Hall–Kier alpha value is -1.05. The molecule has 0 rings (SSSR count). The molecule has 0 amide bonds. The Morgan fingerprint density at radius 1 is 1.24 bits per heavy atom. The molecule has 0 heterocycles. The van der Waals surface area contributed by atoms with Gasteiger partial charge in [0.15, 0.2) is 0 Å². The van der Waals surface area contributed by atoms with Gasteiger partial charge in [-0.3, -0.25) is 4.79 Å². The largest absolute Gasteiger partial charge is 0.461 e. The predicted molar refractivity (Wildman–Crippen MR) is 72.8 cm³/mol. The lowest BCUT2D eigenvalue weighted by molar-refractivity contribution is -0.146. The molecular weight excluding hydrogens is 212 g/mol. The number of ether oxygens (including phenoxy) is 1. The first kappa shape index (κ1) is 16.0. The van der Waals surface area contributed by atoms with Crippen molar-refractivity contribution in [2.45, 2.75) is 53.9 Å². The van der Waals surface area contributed by atoms with Crippen molar-refractivity contribution >= 4 is 5.97 Å². The minimum Gasteiger partial charge on any atom is -0.461 e. The van der Waals surface area contributed by atoms with Crippen LogP contribution in [0.25, 0.3) is 0 Å². The van der Waals surface area contributed by atoms with Crippen LogP contribution in [0.4, 0.5) is 0 Å². The van der Waals surface area contributed by atoms with Crippen molar-refractivity contribution in [3.8, 4) is 0 Å². The Morgan fingerprint density at radius 2 is 1.88 bits per heavy atom. The van der Waals surface area contributed by atoms with E-state index in [0.29, 0.717) is 6.61 Å². The van der Waals surface area contributed by atoms with Crippen LogP contribution < -0.4 is 0 Å². The normalized spacial score (nSPS) is 13.1. The van der Waals surface area contributed by atoms with Gasteiger partial charge in [0.05, 0.1) is 5.92 Å². The van der Waals surface area contributed by atoms with Crippen molar-refractivity contribution in [2.75, 3.05) is 6.61 Å². The molecule has 0 fully saturated rings. The van der Waals surface area contributed by atoms with E-state index >= 15 is 0 Å². The minimum atomic E-state index is -0.0964. The standard InChI is InChI=1S/C15H26O2/c1-6-14(5)15(16)17-11-10-13(4)9-7-8-12(2)3/h8,10,14H,6-7,9,11H2,1-5H3/b13-10+. The fourth-order valence-electron chi connectivity index (χ4n) is 1.27. The summed E-state index contributed by atoms with van der Waals surface area (Å²) >= 11 is 0. The molecule has 0 saturated carbocycles. The molecule has 0 aromatic rings. The van der Waals surface area contributed by atoms with Crippen molar-refractivity contribution in [3.63, 3.8) is 0 Å². The molecular formula is C15H26O2. The van der Waals surface area contributed by atoms with Gasteiger partial charge >= 0.3 is 5.97 Å². The first-order valence-electron chi connectivity index (χ1n) is 6.43. The summed E-state index contributed by atoms with van der Waals surface area (Å²) in [5, 5.41) is 0. The molecule has 0 aliphatic heterocycles. The van der Waals surface area contributed by atoms with Crippen molar-refractivity contribution in [1.82, 2.24) is 0 Å². The van der Waals surface area contributed by atoms with E-state index in [4.69, 9.17) is 4.74 Å². The van der Waals surface area contributed by atoms with Crippen LogP contribution in [0.15, 0.2) is 23.3 Å². The molecule has 0 N–H and O–H groups in total. The quantitative estimate of drug-likeness (QED) is 0.489. The highest BCUT2D eigenvalue weighted by molar-refractivity contribution is 5.71. The molecule has 0 bridgehead atoms. The highest BCUT2D eigenvalue weighted by Crippen LogP contribution is 2.07. The first-order chi connectivity index (χ1) is 7.97. The van der Waals surface area contributed by atoms with Crippen molar-refractivity contribution in [3.05, 3.63) is 23.3 Å². The summed E-state index contributed by atoms with van der Waals surface area (Å²) in [6.45, 7) is 10.6. The summed E-state index contributed by atoms with van der Waals surface area (Å²) in [5.41, 5.74) is 2.63. The lowest BCUT2D eigenvalue weighted by Crippen LogP contribution is -2.13. The minimum absolute atomic E-state index is 0.00869. The van der Waals surface area contributed by atoms with Gasteiger partial charge in [-0.25, -0.2) is 0 Å². The smallest absolute Gasteiger partial charge is 0.308 e. The Balaban J connectivity index is 3.84. The third kappa shape index (κ3) is 8.73. The second-order valence-corrected chi connectivity index (χ2v) is 4.81. The average Bonchev–Trinajstić information content (AvgIpc) is 2.27. The van der Waals surface area contributed by atoms with Crippen molar-refractivity contribution < 1.29 is 9.53 Å². The van der Waals surface area contributed by atoms with Crippen LogP contribution in [0.5, 0.6) is 0 Å². The Kier molecular flexibility index (Phi) is 8.47. The fourth-order valence-corrected chi connectivity index (χ4v) is 1.27. The SMILES string of the molecule is CCC(C)C(=O)OC/C=C(\C)CCC=C(C)C. The summed E-state index contributed by atoms with van der Waals surface area (Å²) in [5.74, 6) is -0.0878. The third-order valence-corrected chi connectivity index (χ3v) is 2.76. The van der Waals surface area contributed by atoms with Gasteiger partial charge in [0.25, 0.3) is 0 Å². The topological polar surface area (TPSA) is 26.3 Å². The second-order valence-electron chi connectivity index (χ2n) is 4.81. The molecule has 98 valence electrons. The van der Waals surface area contributed by atoms with Crippen LogP contribution in [0.1, 0.15) is 53.9 Å². The Labute approximate surface area is 106 Å². The molecule has 2 heteroatoms. The molecule has 17 heavy (non-hydrogen) atoms. The van der Waals surface area contributed by atoms with Crippen LogP contribution in [0.2, 0.25) is 0 Å². The van der Waals surface area contributed by atoms with E-state index in [1.54, 1.807) is 0 Å². The second kappa shape index (κ2) is 9.03. The number of allylic oxidation sites excluding steroid dienone is 3. The van der Waals surface area contributed by atoms with Gasteiger partial charge in [-0.2, -0.15) is 0 Å². The van der Waals surface area contributed by atoms with Crippen molar-refractivity contribution in [2.24, 2.45) is 5.92 Å². The van der Waals surface area contributed by atoms with E-state index < -0.39 is 0 Å². The molecule has 1 unspecified atom stereocenters. The lowest BCUT2D eigenvalue weighted by atomic mass is 10.1. The van der Waals surface area contributed by atoms with Gasteiger partial charge in [0, 0.05) is 0 Å². The number of hydrogen-bond donors (Lipinski definition) is 0. The molecule has 0 radical (unpaired) electrons. The fraction of sp³-hybridized carbons (Fsp3) is 0.667. The van der Waals surface area contributed by atoms with E-state index in [1.165, 1.54) is 11.1 Å². The van der Waals surface area contributed by atoms with E-state index in [1.807, 2.05) is 19.9 Å². The zero-order valence-electron chi connectivity index (χ0n) is 11.9. The molecule has 1 atom stereocenters. The zero-order chi connectivity index (χ0) is 13.3. The van der Waals surface area contributed by atoms with Crippen LogP contribution in [-0.4, -0.2) is 12.6 Å². The van der Waals surface area contributed by atoms with E-state index in [0.717, 1.165) is 19.3 Å². The number of carbonyl (C=O) groups is 1. The Bertz CT molecular complexity index is 283. The number of hydrogen-bond acceptors (Lipinski definition) is 2. The molecule has 0 aliphatic carbocycles. The summed E-state index contributed by atoms with van der Waals surface area (Å²) < 4.78 is 5.16. The highest BCUT2D eigenvalue weighted by Gasteiger charge is 2.10. The first-order valence-corrected chi connectivity index (χ1v) is 6.43. The number of esters is 1. The summed E-state index contributed by atoms with van der Waals surface area (Å²) in [6, 6.07) is 0. The van der Waals surface area contributed by atoms with Crippen LogP contribution in [0, 0.1) is 5.92 Å². The summed E-state index contributed by atoms with van der Waals surface area (Å²) in [7, 11) is 0. The van der Waals surface area contributed by atoms with Gasteiger partial charge < -0.3 is 4.74 Å². The van der Waals surface area contributed by atoms with E-state index in [-0.39, 0.29) is 11.9 Å². The lowest BCUT2D eigenvalue weighted by Gasteiger charge is -2.07. The van der Waals surface area contributed by atoms with Gasteiger partial charge in [-0.1, -0.05) is 31.1 Å². The maximum atomic E-state index is 11.4. The molecule has 0 aliphatic rings. The maximum absolute atomic E-state index is 11.4. The van der Waals surface area contributed by atoms with Gasteiger partial charge in [0.1, 0.15) is 6.61 Å². The molecule has 0 spiro atoms. The monoisotopic (exact) mass is 238 g/mol. The van der Waals surface area contributed by atoms with Crippen LogP contribution in [-0.2, 0) is 9.53 Å². The summed E-state index contributed by atoms with van der Waals surface area (Å²) in [6.07, 6.45) is 7.15. The zero-order valence-corrected chi connectivity index (χ0v) is 11.9. The van der Waals surface area contributed by atoms with Gasteiger partial charge in [-0.05, 0) is 46.1 Å². The van der Waals surface area contributed by atoms with Crippen LogP contribution in [0.3, 0.4) is 0 Å².